The molecule has 2 heterocycles. The smallest absolute Gasteiger partial charge is 0.227 e. The Morgan fingerprint density at radius 3 is 2.59 bits per heavy atom. The number of imidazole rings is 1. The Labute approximate surface area is 153 Å². The lowest BCUT2D eigenvalue weighted by molar-refractivity contribution is 0.234. The fraction of sp³-hybridized carbons (Fsp3) is 0.100. The van der Waals surface area contributed by atoms with Gasteiger partial charge in [-0.15, -0.1) is 0 Å². The van der Waals surface area contributed by atoms with Gasteiger partial charge in [-0.1, -0.05) is 42.5 Å². The molecule has 0 radical (unpaired) electrons. The second kappa shape index (κ2) is 6.97. The van der Waals surface area contributed by atoms with Gasteiger partial charge in [0, 0.05) is 6.07 Å². The summed E-state index contributed by atoms with van der Waals surface area (Å²) in [6.07, 6.45) is 0. The van der Waals surface area contributed by atoms with E-state index >= 15 is 0 Å². The standard InChI is InChI=1S/C20H17N3O4/c24-11-13-10-16(25)18(26)19(27-13)17(12-6-2-1-3-7-12)23-20-21-14-8-4-5-9-15(14)22-20/h1-10,17,24,26H,11H2,(H2,21,22,23). The number of rotatable bonds is 5. The minimum absolute atomic E-state index is 0.0122. The first kappa shape index (κ1) is 16.9. The van der Waals surface area contributed by atoms with Crippen LogP contribution in [0.3, 0.4) is 0 Å². The van der Waals surface area contributed by atoms with E-state index in [4.69, 9.17) is 4.42 Å². The van der Waals surface area contributed by atoms with E-state index in [1.807, 2.05) is 54.6 Å². The molecule has 2 aromatic heterocycles. The Kier molecular flexibility index (Phi) is 4.35. The van der Waals surface area contributed by atoms with Crippen LogP contribution in [0.4, 0.5) is 5.95 Å². The number of benzene rings is 2. The quantitative estimate of drug-likeness (QED) is 0.434. The third-order valence-electron chi connectivity index (χ3n) is 4.22. The van der Waals surface area contributed by atoms with E-state index in [1.165, 1.54) is 0 Å². The predicted molar refractivity (Wildman–Crippen MR) is 101 cm³/mol. The number of aromatic nitrogens is 2. The highest BCUT2D eigenvalue weighted by molar-refractivity contribution is 5.77. The molecule has 136 valence electrons. The summed E-state index contributed by atoms with van der Waals surface area (Å²) in [6.45, 7) is -0.450. The summed E-state index contributed by atoms with van der Waals surface area (Å²) in [5, 5.41) is 22.8. The number of anilines is 1. The first-order valence-corrected chi connectivity index (χ1v) is 8.38. The fourth-order valence-electron chi connectivity index (χ4n) is 2.93. The van der Waals surface area contributed by atoms with Gasteiger partial charge in [0.15, 0.2) is 5.76 Å². The number of aromatic hydroxyl groups is 1. The molecule has 0 aliphatic heterocycles. The second-order valence-electron chi connectivity index (χ2n) is 6.04. The van der Waals surface area contributed by atoms with Crippen LogP contribution >= 0.6 is 0 Å². The van der Waals surface area contributed by atoms with Gasteiger partial charge >= 0.3 is 0 Å². The molecule has 0 saturated carbocycles. The van der Waals surface area contributed by atoms with Crippen LogP contribution < -0.4 is 10.7 Å². The Morgan fingerprint density at radius 1 is 1.11 bits per heavy atom. The van der Waals surface area contributed by atoms with Crippen LogP contribution in [0.15, 0.2) is 69.9 Å². The van der Waals surface area contributed by atoms with Crippen LogP contribution in [0.1, 0.15) is 23.1 Å². The zero-order valence-electron chi connectivity index (χ0n) is 14.2. The fourth-order valence-corrected chi connectivity index (χ4v) is 2.93. The molecule has 1 unspecified atom stereocenters. The molecule has 7 nitrogen and oxygen atoms in total. The van der Waals surface area contributed by atoms with Gasteiger partial charge in [-0.3, -0.25) is 4.79 Å². The maximum absolute atomic E-state index is 12.1. The summed E-state index contributed by atoms with van der Waals surface area (Å²) in [5.74, 6) is 0.0320. The van der Waals surface area contributed by atoms with Gasteiger partial charge < -0.3 is 24.9 Å². The van der Waals surface area contributed by atoms with E-state index in [0.717, 1.165) is 22.7 Å². The first-order chi connectivity index (χ1) is 13.2. The van der Waals surface area contributed by atoms with Crippen LogP contribution in [0.5, 0.6) is 5.75 Å². The lowest BCUT2D eigenvalue weighted by atomic mass is 10.0. The SMILES string of the molecule is O=c1cc(CO)oc(C(Nc2nc3ccccc3[nH]2)c2ccccc2)c1O. The van der Waals surface area contributed by atoms with Crippen molar-refractivity contribution in [2.45, 2.75) is 12.6 Å². The van der Waals surface area contributed by atoms with E-state index in [-0.39, 0.29) is 11.5 Å². The summed E-state index contributed by atoms with van der Waals surface area (Å²) in [4.78, 5) is 19.7. The molecule has 27 heavy (non-hydrogen) atoms. The molecule has 0 bridgehead atoms. The van der Waals surface area contributed by atoms with Crippen molar-refractivity contribution in [3.05, 3.63) is 88.0 Å². The lowest BCUT2D eigenvalue weighted by Crippen LogP contribution is -2.17. The largest absolute Gasteiger partial charge is 0.502 e. The van der Waals surface area contributed by atoms with Crippen LogP contribution in [0.25, 0.3) is 11.0 Å². The number of nitrogens with one attached hydrogen (secondary N) is 2. The second-order valence-corrected chi connectivity index (χ2v) is 6.04. The van der Waals surface area contributed by atoms with Gasteiger partial charge in [-0.25, -0.2) is 4.98 Å². The topological polar surface area (TPSA) is 111 Å². The van der Waals surface area contributed by atoms with Crippen molar-refractivity contribution in [1.29, 1.82) is 0 Å². The van der Waals surface area contributed by atoms with E-state index < -0.39 is 23.8 Å². The summed E-state index contributed by atoms with van der Waals surface area (Å²) in [6, 6.07) is 17.2. The normalized spacial score (nSPS) is 12.2. The monoisotopic (exact) mass is 363 g/mol. The Balaban J connectivity index is 1.83. The van der Waals surface area contributed by atoms with Gasteiger partial charge in [0.05, 0.1) is 11.0 Å². The Bertz CT molecular complexity index is 1100. The van der Waals surface area contributed by atoms with Crippen molar-refractivity contribution in [2.24, 2.45) is 0 Å². The molecule has 4 aromatic rings. The Hall–Kier alpha value is -3.58. The van der Waals surface area contributed by atoms with Crippen LogP contribution in [0.2, 0.25) is 0 Å². The number of nitrogens with zero attached hydrogens (tertiary/aromatic N) is 1. The summed E-state index contributed by atoms with van der Waals surface area (Å²) in [7, 11) is 0. The number of fused-ring (bicyclic) bond motifs is 1. The zero-order chi connectivity index (χ0) is 18.8. The van der Waals surface area contributed by atoms with Crippen LogP contribution in [-0.4, -0.2) is 20.2 Å². The van der Waals surface area contributed by atoms with Crippen molar-refractivity contribution in [2.75, 3.05) is 5.32 Å². The molecular weight excluding hydrogens is 346 g/mol. The van der Waals surface area contributed by atoms with Crippen molar-refractivity contribution in [3.63, 3.8) is 0 Å². The molecule has 4 rings (SSSR count). The maximum atomic E-state index is 12.1. The number of hydrogen-bond acceptors (Lipinski definition) is 6. The first-order valence-electron chi connectivity index (χ1n) is 8.38. The third-order valence-corrected chi connectivity index (χ3v) is 4.22. The minimum Gasteiger partial charge on any atom is -0.502 e. The summed E-state index contributed by atoms with van der Waals surface area (Å²) < 4.78 is 5.60. The molecule has 7 heteroatoms. The molecule has 0 saturated heterocycles. The van der Waals surface area contributed by atoms with Gasteiger partial charge in [-0.05, 0) is 17.7 Å². The molecule has 1 atom stereocenters. The van der Waals surface area contributed by atoms with E-state index in [2.05, 4.69) is 15.3 Å². The molecule has 0 aliphatic carbocycles. The highest BCUT2D eigenvalue weighted by atomic mass is 16.4. The van der Waals surface area contributed by atoms with E-state index in [0.29, 0.717) is 5.95 Å². The maximum Gasteiger partial charge on any atom is 0.227 e. The van der Waals surface area contributed by atoms with Gasteiger partial charge in [0.2, 0.25) is 17.1 Å². The van der Waals surface area contributed by atoms with Gasteiger partial charge in [-0.2, -0.15) is 0 Å². The molecule has 0 aliphatic rings. The van der Waals surface area contributed by atoms with Gasteiger partial charge in [0.1, 0.15) is 18.4 Å². The Morgan fingerprint density at radius 2 is 1.85 bits per heavy atom. The van der Waals surface area contributed by atoms with Crippen LogP contribution in [-0.2, 0) is 6.61 Å². The zero-order valence-corrected chi connectivity index (χ0v) is 14.2. The highest BCUT2D eigenvalue weighted by Gasteiger charge is 2.24. The van der Waals surface area contributed by atoms with Crippen molar-refractivity contribution in [3.8, 4) is 5.75 Å². The average molecular weight is 363 g/mol. The molecule has 4 N–H and O–H groups in total. The summed E-state index contributed by atoms with van der Waals surface area (Å²) in [5.41, 5.74) is 1.77. The molecule has 0 spiro atoms. The molecule has 0 fully saturated rings. The van der Waals surface area contributed by atoms with E-state index in [9.17, 15) is 15.0 Å². The van der Waals surface area contributed by atoms with Crippen molar-refractivity contribution in [1.82, 2.24) is 9.97 Å². The number of aliphatic hydroxyl groups excluding tert-OH is 1. The molecule has 2 aromatic carbocycles. The average Bonchev–Trinajstić information content (AvgIpc) is 3.11. The minimum atomic E-state index is -0.689. The molecule has 0 amide bonds. The number of aromatic amines is 1. The number of hydrogen-bond donors (Lipinski definition) is 4. The third kappa shape index (κ3) is 3.28. The van der Waals surface area contributed by atoms with Gasteiger partial charge in [0.25, 0.3) is 0 Å². The number of H-pyrrole nitrogens is 1. The van der Waals surface area contributed by atoms with Crippen molar-refractivity contribution >= 4 is 17.0 Å². The number of aliphatic hydroxyl groups is 1. The summed E-state index contributed by atoms with van der Waals surface area (Å²) >= 11 is 0. The van der Waals surface area contributed by atoms with Crippen molar-refractivity contribution < 1.29 is 14.6 Å². The molecular formula is C20H17N3O4. The van der Waals surface area contributed by atoms with Crippen LogP contribution in [0, 0.1) is 0 Å². The highest BCUT2D eigenvalue weighted by Crippen LogP contribution is 2.31. The lowest BCUT2D eigenvalue weighted by Gasteiger charge is -2.19. The predicted octanol–water partition coefficient (Wildman–Crippen LogP) is 2.92. The number of para-hydroxylation sites is 2. The van der Waals surface area contributed by atoms with E-state index in [1.54, 1.807) is 0 Å².